The average molecular weight is 445 g/mol. The minimum atomic E-state index is -0.582. The van der Waals surface area contributed by atoms with Crippen LogP contribution in [0.5, 0.6) is 0 Å². The van der Waals surface area contributed by atoms with Crippen LogP contribution in [-0.2, 0) is 0 Å². The zero-order chi connectivity index (χ0) is 23.7. The molecule has 0 saturated heterocycles. The third kappa shape index (κ3) is 4.22. The number of furan rings is 1. The molecule has 2 amide bonds. The van der Waals surface area contributed by atoms with Gasteiger partial charge in [-0.3, -0.25) is 19.7 Å². The van der Waals surface area contributed by atoms with Gasteiger partial charge in [0.2, 0.25) is 5.91 Å². The van der Waals surface area contributed by atoms with Crippen LogP contribution in [0.15, 0.2) is 64.1 Å². The van der Waals surface area contributed by atoms with Crippen LogP contribution in [0.3, 0.4) is 0 Å². The van der Waals surface area contributed by atoms with Crippen LogP contribution in [0.1, 0.15) is 37.9 Å². The molecule has 0 spiro atoms. The van der Waals surface area contributed by atoms with Gasteiger partial charge in [0, 0.05) is 45.7 Å². The lowest BCUT2D eigenvalue weighted by atomic mass is 10.2. The van der Waals surface area contributed by atoms with E-state index in [2.05, 4.69) is 10.5 Å². The number of fused-ring (bicyclic) bond motifs is 1. The van der Waals surface area contributed by atoms with E-state index < -0.39 is 16.7 Å². The first-order chi connectivity index (χ1) is 15.7. The molecule has 0 aliphatic heterocycles. The number of hydrogen-bond acceptors (Lipinski definition) is 6. The van der Waals surface area contributed by atoms with Gasteiger partial charge in [-0.2, -0.15) is 5.10 Å². The second-order valence-corrected chi connectivity index (χ2v) is 7.36. The summed E-state index contributed by atoms with van der Waals surface area (Å²) in [6.07, 6.45) is 1.52. The molecule has 4 rings (SSSR count). The van der Waals surface area contributed by atoms with Crippen molar-refractivity contribution in [2.45, 2.75) is 13.8 Å². The Morgan fingerprint density at radius 2 is 1.85 bits per heavy atom. The van der Waals surface area contributed by atoms with E-state index in [0.29, 0.717) is 16.5 Å². The maximum atomic E-state index is 12.4. The van der Waals surface area contributed by atoms with Crippen LogP contribution in [0.25, 0.3) is 16.7 Å². The fraction of sp³-hybridized carbons (Fsp3) is 0.0870. The van der Waals surface area contributed by atoms with Crippen LogP contribution in [0.2, 0.25) is 0 Å². The summed E-state index contributed by atoms with van der Waals surface area (Å²) in [6.45, 7) is 3.84. The molecule has 0 bridgehead atoms. The molecule has 2 heterocycles. The molecule has 0 aliphatic carbocycles. The Balaban J connectivity index is 1.51. The Morgan fingerprint density at radius 3 is 2.52 bits per heavy atom. The fourth-order valence-corrected chi connectivity index (χ4v) is 3.56. The van der Waals surface area contributed by atoms with Crippen molar-refractivity contribution in [2.75, 3.05) is 0 Å². The number of carbonyl (C=O) groups excluding carboxylic acids is 2. The Bertz CT molecular complexity index is 1430. The SMILES string of the molecule is Cc1cc(/C=N\NC(=O)c2cc3cc([N+](=O)[O-])ccc3o2)c(C)n1-c1ccc(C(N)=O)cc1. The van der Waals surface area contributed by atoms with Crippen LogP contribution in [-0.4, -0.2) is 27.5 Å². The number of aryl methyl sites for hydroxylation is 1. The van der Waals surface area contributed by atoms with Crippen molar-refractivity contribution in [2.24, 2.45) is 10.8 Å². The molecule has 0 unspecified atom stereocenters. The summed E-state index contributed by atoms with van der Waals surface area (Å²) in [7, 11) is 0. The number of nitro groups is 1. The first-order valence-electron chi connectivity index (χ1n) is 9.85. The van der Waals surface area contributed by atoms with Gasteiger partial charge in [-0.25, -0.2) is 5.43 Å². The summed E-state index contributed by atoms with van der Waals surface area (Å²) in [4.78, 5) is 34.1. The minimum absolute atomic E-state index is 0.0114. The smallest absolute Gasteiger partial charge is 0.307 e. The Morgan fingerprint density at radius 1 is 1.12 bits per heavy atom. The summed E-state index contributed by atoms with van der Waals surface area (Å²) >= 11 is 0. The molecule has 4 aromatic rings. The van der Waals surface area contributed by atoms with E-state index in [1.54, 1.807) is 24.3 Å². The van der Waals surface area contributed by atoms with Crippen molar-refractivity contribution < 1.29 is 18.9 Å². The molecule has 0 atom stereocenters. The summed E-state index contributed by atoms with van der Waals surface area (Å²) < 4.78 is 7.44. The molecule has 0 fully saturated rings. The Labute approximate surface area is 187 Å². The number of nitro benzene ring substituents is 1. The van der Waals surface area contributed by atoms with Gasteiger partial charge < -0.3 is 14.7 Å². The molecule has 3 N–H and O–H groups in total. The third-order valence-corrected chi connectivity index (χ3v) is 5.18. The Hall–Kier alpha value is -4.73. The van der Waals surface area contributed by atoms with Crippen molar-refractivity contribution in [1.29, 1.82) is 0 Å². The van der Waals surface area contributed by atoms with Crippen LogP contribution in [0, 0.1) is 24.0 Å². The molecular weight excluding hydrogens is 426 g/mol. The number of non-ortho nitro benzene ring substituents is 1. The van der Waals surface area contributed by atoms with Gasteiger partial charge >= 0.3 is 5.91 Å². The normalized spacial score (nSPS) is 11.2. The number of rotatable bonds is 6. The number of carbonyl (C=O) groups is 2. The van der Waals surface area contributed by atoms with Gasteiger partial charge in [0.05, 0.1) is 11.1 Å². The van der Waals surface area contributed by atoms with E-state index in [-0.39, 0.29) is 11.4 Å². The summed E-state index contributed by atoms with van der Waals surface area (Å²) in [5, 5.41) is 15.4. The van der Waals surface area contributed by atoms with E-state index >= 15 is 0 Å². The van der Waals surface area contributed by atoms with Crippen molar-refractivity contribution >= 4 is 34.7 Å². The van der Waals surface area contributed by atoms with E-state index in [1.807, 2.05) is 24.5 Å². The number of nitrogens with zero attached hydrogens (tertiary/aromatic N) is 3. The van der Waals surface area contributed by atoms with Crippen molar-refractivity contribution in [3.05, 3.63) is 93.0 Å². The highest BCUT2D eigenvalue weighted by Crippen LogP contribution is 2.24. The van der Waals surface area contributed by atoms with E-state index in [1.165, 1.54) is 30.5 Å². The number of primary amides is 1. The number of hydrogen-bond donors (Lipinski definition) is 2. The highest BCUT2D eigenvalue weighted by atomic mass is 16.6. The lowest BCUT2D eigenvalue weighted by Gasteiger charge is -2.10. The number of amides is 2. The van der Waals surface area contributed by atoms with Crippen molar-refractivity contribution in [3.8, 4) is 5.69 Å². The maximum Gasteiger partial charge on any atom is 0.307 e. The van der Waals surface area contributed by atoms with Crippen LogP contribution in [0.4, 0.5) is 5.69 Å². The molecule has 0 saturated carbocycles. The van der Waals surface area contributed by atoms with E-state index in [9.17, 15) is 19.7 Å². The highest BCUT2D eigenvalue weighted by molar-refractivity contribution is 5.97. The van der Waals surface area contributed by atoms with E-state index in [4.69, 9.17) is 10.2 Å². The second-order valence-electron chi connectivity index (χ2n) is 7.36. The molecule has 10 nitrogen and oxygen atoms in total. The first-order valence-corrected chi connectivity index (χ1v) is 9.85. The van der Waals surface area contributed by atoms with Crippen LogP contribution < -0.4 is 11.2 Å². The monoisotopic (exact) mass is 445 g/mol. The zero-order valence-electron chi connectivity index (χ0n) is 17.7. The fourth-order valence-electron chi connectivity index (χ4n) is 3.56. The lowest BCUT2D eigenvalue weighted by molar-refractivity contribution is -0.384. The van der Waals surface area contributed by atoms with Crippen molar-refractivity contribution in [1.82, 2.24) is 9.99 Å². The van der Waals surface area contributed by atoms with E-state index in [0.717, 1.165) is 22.6 Å². The predicted molar refractivity (Wildman–Crippen MR) is 122 cm³/mol. The second kappa shape index (κ2) is 8.42. The summed E-state index contributed by atoms with van der Waals surface area (Å²) in [6, 6.07) is 14.3. The van der Waals surface area contributed by atoms with Gasteiger partial charge in [0.15, 0.2) is 5.76 Å². The number of aromatic nitrogens is 1. The first kappa shape index (κ1) is 21.5. The third-order valence-electron chi connectivity index (χ3n) is 5.18. The average Bonchev–Trinajstić information content (AvgIpc) is 3.33. The maximum absolute atomic E-state index is 12.4. The summed E-state index contributed by atoms with van der Waals surface area (Å²) in [5.41, 5.74) is 11.9. The van der Waals surface area contributed by atoms with Crippen molar-refractivity contribution in [3.63, 3.8) is 0 Å². The molecule has 166 valence electrons. The number of benzene rings is 2. The van der Waals surface area contributed by atoms with Gasteiger partial charge in [0.25, 0.3) is 5.69 Å². The number of nitrogens with one attached hydrogen (secondary N) is 1. The van der Waals surface area contributed by atoms with Gasteiger partial charge in [-0.15, -0.1) is 0 Å². The molecule has 10 heteroatoms. The predicted octanol–water partition coefficient (Wildman–Crippen LogP) is 3.61. The Kier molecular flexibility index (Phi) is 5.49. The summed E-state index contributed by atoms with van der Waals surface area (Å²) in [5.74, 6) is -1.09. The van der Waals surface area contributed by atoms with Crippen LogP contribution >= 0.6 is 0 Å². The molecule has 2 aromatic heterocycles. The molecular formula is C23H19N5O5. The molecule has 33 heavy (non-hydrogen) atoms. The molecule has 2 aromatic carbocycles. The standard InChI is InChI=1S/C23H19N5O5/c1-13-9-17(14(2)27(13)18-5-3-15(4-6-18)22(24)29)12-25-26-23(30)21-11-16-10-19(28(31)32)7-8-20(16)33-21/h3-12H,1-2H3,(H2,24,29)(H,26,30)/b25-12-. The topological polar surface area (TPSA) is 146 Å². The number of nitrogens with two attached hydrogens (primary N) is 1. The largest absolute Gasteiger partial charge is 0.451 e. The van der Waals surface area contributed by atoms with Gasteiger partial charge in [-0.1, -0.05) is 0 Å². The zero-order valence-corrected chi connectivity index (χ0v) is 17.7. The highest BCUT2D eigenvalue weighted by Gasteiger charge is 2.15. The quantitative estimate of drug-likeness (QED) is 0.264. The molecule has 0 radical (unpaired) electrons. The molecule has 0 aliphatic rings. The lowest BCUT2D eigenvalue weighted by Crippen LogP contribution is -2.16. The van der Waals surface area contributed by atoms with Gasteiger partial charge in [-0.05, 0) is 56.3 Å². The number of hydrazone groups is 1. The minimum Gasteiger partial charge on any atom is -0.451 e. The van der Waals surface area contributed by atoms with Gasteiger partial charge in [0.1, 0.15) is 5.58 Å².